The number of carbonyl (C=O) groups excluding carboxylic acids is 1. The minimum Gasteiger partial charge on any atom is -0.463 e. The first-order chi connectivity index (χ1) is 8.92. The van der Waals surface area contributed by atoms with Crippen molar-refractivity contribution >= 4 is 35.3 Å². The zero-order valence-corrected chi connectivity index (χ0v) is 14.0. The summed E-state index contributed by atoms with van der Waals surface area (Å²) in [6, 6.07) is 0. The topological polar surface area (TPSA) is 102 Å². The highest BCUT2D eigenvalue weighted by Gasteiger charge is 2.39. The predicted octanol–water partition coefficient (Wildman–Crippen LogP) is 0.441. The fourth-order valence-electron chi connectivity index (χ4n) is 1.18. The van der Waals surface area contributed by atoms with Gasteiger partial charge in [-0.3, -0.25) is 14.9 Å². The number of nitro groups is 1. The van der Waals surface area contributed by atoms with E-state index in [1.54, 1.807) is 44.9 Å². The Balaban J connectivity index is 0. The maximum absolute atomic E-state index is 11.0. The second-order valence-electron chi connectivity index (χ2n) is 4.78. The van der Waals surface area contributed by atoms with Crippen molar-refractivity contribution < 1.29 is 14.5 Å². The Morgan fingerprint density at radius 3 is 2.10 bits per heavy atom. The quantitative estimate of drug-likeness (QED) is 0.327. The first kappa shape index (κ1) is 21.2. The number of amides is 1. The van der Waals surface area contributed by atoms with E-state index in [0.29, 0.717) is 6.54 Å². The second kappa shape index (κ2) is 9.72. The molecule has 118 valence electrons. The summed E-state index contributed by atoms with van der Waals surface area (Å²) >= 11 is 8.02. The van der Waals surface area contributed by atoms with Crippen LogP contribution in [0.4, 0.5) is 4.79 Å². The summed E-state index contributed by atoms with van der Waals surface area (Å²) in [5.74, 6) is 0. The molecule has 0 bridgehead atoms. The molecular formula is C10H22N4O4S2. The predicted molar refractivity (Wildman–Crippen MR) is 84.8 cm³/mol. The van der Waals surface area contributed by atoms with E-state index < -0.39 is 10.8 Å². The molecule has 0 saturated heterocycles. The lowest BCUT2D eigenvalue weighted by molar-refractivity contribution is -0.568. The fourth-order valence-corrected chi connectivity index (χ4v) is 1.24. The van der Waals surface area contributed by atoms with Crippen LogP contribution < -0.4 is 5.73 Å². The van der Waals surface area contributed by atoms with Crippen molar-refractivity contribution in [2.75, 3.05) is 41.3 Å². The molecule has 1 unspecified atom stereocenters. The Hall–Kier alpha value is -1.13. The summed E-state index contributed by atoms with van der Waals surface area (Å²) in [7, 11) is 7.04. The minimum atomic E-state index is -1.15. The average Bonchev–Trinajstić information content (AvgIpc) is 2.23. The van der Waals surface area contributed by atoms with Gasteiger partial charge in [0.25, 0.3) is 16.0 Å². The van der Waals surface area contributed by atoms with Crippen LogP contribution in [-0.4, -0.2) is 72.0 Å². The average molecular weight is 326 g/mol. The molecule has 10 heteroatoms. The summed E-state index contributed by atoms with van der Waals surface area (Å²) in [5, 5.41) is 10.6. The number of likely N-dealkylation sites (N-methyl/N-ethyl adjacent to an activating group) is 1. The van der Waals surface area contributed by atoms with Crippen LogP contribution in [0.2, 0.25) is 0 Å². The van der Waals surface area contributed by atoms with Gasteiger partial charge in [-0.1, -0.05) is 12.6 Å². The molecule has 20 heavy (non-hydrogen) atoms. The molecule has 0 heterocycles. The number of thiol groups is 1. The first-order valence-corrected chi connectivity index (χ1v) is 6.39. The molecule has 0 rings (SSSR count). The van der Waals surface area contributed by atoms with Crippen LogP contribution in [0.3, 0.4) is 0 Å². The third kappa shape index (κ3) is 10.8. The van der Waals surface area contributed by atoms with E-state index in [4.69, 9.17) is 21.7 Å². The molecule has 1 atom stereocenters. The van der Waals surface area contributed by atoms with Gasteiger partial charge in [0, 0.05) is 25.9 Å². The molecular weight excluding hydrogens is 304 g/mol. The van der Waals surface area contributed by atoms with E-state index in [1.165, 1.54) is 0 Å². The SMILES string of the molecule is CN(C)CC(C)(COC(=S)N(C)C)[N+](=O)[O-].NC(=O)S. The van der Waals surface area contributed by atoms with Crippen LogP contribution in [0.1, 0.15) is 6.92 Å². The number of hydrogen-bond acceptors (Lipinski definition) is 6. The van der Waals surface area contributed by atoms with Gasteiger partial charge in [0.1, 0.15) is 0 Å². The van der Waals surface area contributed by atoms with Crippen molar-refractivity contribution in [2.24, 2.45) is 5.73 Å². The highest BCUT2D eigenvalue weighted by atomic mass is 32.1. The first-order valence-electron chi connectivity index (χ1n) is 5.54. The molecule has 0 aliphatic carbocycles. The zero-order chi connectivity index (χ0) is 16.5. The standard InChI is InChI=1S/C9H19N3O3S.CH3NOS/c1-9(12(13)14,6-10(2)3)7-15-8(16)11(4)5;2-1(3)4/h6-7H2,1-5H3;(H3,2,3,4). The van der Waals surface area contributed by atoms with Crippen LogP contribution in [0, 0.1) is 10.1 Å². The van der Waals surface area contributed by atoms with Crippen molar-refractivity contribution in [1.29, 1.82) is 0 Å². The van der Waals surface area contributed by atoms with Gasteiger partial charge < -0.3 is 20.3 Å². The maximum Gasteiger partial charge on any atom is 0.273 e. The van der Waals surface area contributed by atoms with Crippen LogP contribution in [0.15, 0.2) is 0 Å². The highest BCUT2D eigenvalue weighted by Crippen LogP contribution is 2.11. The molecule has 0 aromatic carbocycles. The van der Waals surface area contributed by atoms with E-state index in [0.717, 1.165) is 0 Å². The van der Waals surface area contributed by atoms with Gasteiger partial charge >= 0.3 is 0 Å². The van der Waals surface area contributed by atoms with Gasteiger partial charge in [0.2, 0.25) is 0 Å². The second-order valence-corrected chi connectivity index (χ2v) is 5.57. The summed E-state index contributed by atoms with van der Waals surface area (Å²) < 4.78 is 5.22. The van der Waals surface area contributed by atoms with Gasteiger partial charge in [0.15, 0.2) is 6.61 Å². The number of ether oxygens (including phenoxy) is 1. The van der Waals surface area contributed by atoms with Gasteiger partial charge in [-0.15, -0.1) is 0 Å². The molecule has 8 nitrogen and oxygen atoms in total. The Kier molecular flexibility index (Phi) is 10.3. The maximum atomic E-state index is 11.0. The monoisotopic (exact) mass is 326 g/mol. The van der Waals surface area contributed by atoms with Crippen molar-refractivity contribution in [2.45, 2.75) is 12.5 Å². The summed E-state index contributed by atoms with van der Waals surface area (Å²) in [6.45, 7) is 1.82. The molecule has 2 N–H and O–H groups in total. The third-order valence-electron chi connectivity index (χ3n) is 1.97. The zero-order valence-electron chi connectivity index (χ0n) is 12.3. The van der Waals surface area contributed by atoms with Crippen LogP contribution in [0.5, 0.6) is 0 Å². The van der Waals surface area contributed by atoms with Gasteiger partial charge in [-0.2, -0.15) is 0 Å². The van der Waals surface area contributed by atoms with Crippen LogP contribution in [0.25, 0.3) is 0 Å². The summed E-state index contributed by atoms with van der Waals surface area (Å²) in [4.78, 5) is 23.1. The molecule has 0 spiro atoms. The lowest BCUT2D eigenvalue weighted by Gasteiger charge is -2.25. The number of thiocarbonyl (C=S) groups is 1. The Bertz CT molecular complexity index is 348. The van der Waals surface area contributed by atoms with Gasteiger partial charge in [-0.25, -0.2) is 0 Å². The summed E-state index contributed by atoms with van der Waals surface area (Å²) in [6.07, 6.45) is 0. The minimum absolute atomic E-state index is 0.0325. The van der Waals surface area contributed by atoms with Crippen LogP contribution in [-0.2, 0) is 4.74 Å². The van der Waals surface area contributed by atoms with Gasteiger partial charge in [-0.05, 0) is 26.3 Å². The number of nitrogens with two attached hydrogens (primary N) is 1. The summed E-state index contributed by atoms with van der Waals surface area (Å²) in [5.41, 5.74) is 3.19. The number of primary amides is 1. The number of carbonyl (C=O) groups is 1. The molecule has 0 aromatic rings. The molecule has 0 radical (unpaired) electrons. The van der Waals surface area contributed by atoms with E-state index >= 15 is 0 Å². The molecule has 0 fully saturated rings. The van der Waals surface area contributed by atoms with E-state index in [1.807, 2.05) is 0 Å². The van der Waals surface area contributed by atoms with Crippen molar-refractivity contribution in [3.63, 3.8) is 0 Å². The Morgan fingerprint density at radius 1 is 1.45 bits per heavy atom. The largest absolute Gasteiger partial charge is 0.463 e. The fraction of sp³-hybridized carbons (Fsp3) is 0.800. The van der Waals surface area contributed by atoms with E-state index in [2.05, 4.69) is 18.4 Å². The molecule has 0 aliphatic rings. The van der Waals surface area contributed by atoms with E-state index in [-0.39, 0.29) is 16.7 Å². The Labute approximate surface area is 129 Å². The number of hydrogen-bond donors (Lipinski definition) is 2. The Morgan fingerprint density at radius 2 is 1.85 bits per heavy atom. The molecule has 0 aliphatic heterocycles. The lowest BCUT2D eigenvalue weighted by atomic mass is 10.1. The van der Waals surface area contributed by atoms with E-state index in [9.17, 15) is 10.1 Å². The highest BCUT2D eigenvalue weighted by molar-refractivity contribution is 7.96. The smallest absolute Gasteiger partial charge is 0.273 e. The lowest BCUT2D eigenvalue weighted by Crippen LogP contribution is -2.49. The third-order valence-corrected chi connectivity index (χ3v) is 2.45. The van der Waals surface area contributed by atoms with Crippen molar-refractivity contribution in [3.8, 4) is 0 Å². The number of rotatable bonds is 5. The van der Waals surface area contributed by atoms with Crippen molar-refractivity contribution in [1.82, 2.24) is 9.80 Å². The van der Waals surface area contributed by atoms with Crippen molar-refractivity contribution in [3.05, 3.63) is 10.1 Å². The number of nitrogens with zero attached hydrogens (tertiary/aromatic N) is 3. The molecule has 1 amide bonds. The molecule has 0 saturated carbocycles. The molecule has 0 aromatic heterocycles. The normalized spacial score (nSPS) is 12.8. The van der Waals surface area contributed by atoms with Crippen LogP contribution >= 0.6 is 24.8 Å². The van der Waals surface area contributed by atoms with Gasteiger partial charge in [0.05, 0.1) is 6.54 Å².